The van der Waals surface area contributed by atoms with Gasteiger partial charge in [0.1, 0.15) is 0 Å². The molecule has 3 rings (SSSR count). The van der Waals surface area contributed by atoms with Crippen molar-refractivity contribution in [2.45, 2.75) is 12.5 Å². The minimum atomic E-state index is -0.434. The van der Waals surface area contributed by atoms with Gasteiger partial charge < -0.3 is 10.2 Å². The summed E-state index contributed by atoms with van der Waals surface area (Å²) in [5, 5.41) is 3.32. The number of aromatic nitrogens is 1. The predicted octanol–water partition coefficient (Wildman–Crippen LogP) is 1.67. The van der Waals surface area contributed by atoms with Gasteiger partial charge in [0.05, 0.1) is 11.9 Å². The molecule has 3 nitrogen and oxygen atoms in total. The van der Waals surface area contributed by atoms with Gasteiger partial charge in [-0.3, -0.25) is 0 Å². The third-order valence-electron chi connectivity index (χ3n) is 3.51. The molecule has 1 N–H and O–H groups in total. The van der Waals surface area contributed by atoms with Gasteiger partial charge in [-0.15, -0.1) is 0 Å². The maximum Gasteiger partial charge on any atom is 0.164 e. The molecule has 16 heavy (non-hydrogen) atoms. The summed E-state index contributed by atoms with van der Waals surface area (Å²) in [5.74, 6) is 0.268. The third kappa shape index (κ3) is 1.57. The molecule has 0 unspecified atom stereocenters. The molecule has 2 aliphatic heterocycles. The van der Waals surface area contributed by atoms with Crippen molar-refractivity contribution in [3.05, 3.63) is 23.2 Å². The molecule has 2 fully saturated rings. The van der Waals surface area contributed by atoms with Crippen LogP contribution < -0.4 is 10.2 Å². The second-order valence-corrected chi connectivity index (χ2v) is 4.80. The van der Waals surface area contributed by atoms with Gasteiger partial charge in [-0.05, 0) is 13.0 Å². The lowest BCUT2D eigenvalue weighted by Gasteiger charge is -2.52. The summed E-state index contributed by atoms with van der Waals surface area (Å²) in [4.78, 5) is 6.07. The predicted molar refractivity (Wildman–Crippen MR) is 61.3 cm³/mol. The van der Waals surface area contributed by atoms with E-state index in [4.69, 9.17) is 11.6 Å². The first-order valence-corrected chi connectivity index (χ1v) is 5.92. The quantitative estimate of drug-likeness (QED) is 0.759. The molecule has 0 amide bonds. The van der Waals surface area contributed by atoms with E-state index in [-0.39, 0.29) is 5.15 Å². The Balaban J connectivity index is 1.80. The van der Waals surface area contributed by atoms with Gasteiger partial charge in [0.25, 0.3) is 0 Å². The van der Waals surface area contributed by atoms with Crippen LogP contribution in [0.4, 0.5) is 10.1 Å². The summed E-state index contributed by atoms with van der Waals surface area (Å²) in [6.45, 7) is 3.10. The molecular formula is C11H13ClFN3. The number of hydrogen-bond donors (Lipinski definition) is 1. The van der Waals surface area contributed by atoms with Crippen LogP contribution in [0.15, 0.2) is 12.3 Å². The van der Waals surface area contributed by atoms with Crippen LogP contribution in [0.25, 0.3) is 0 Å². The first-order valence-electron chi connectivity index (χ1n) is 5.54. The summed E-state index contributed by atoms with van der Waals surface area (Å²) in [7, 11) is 0. The average molecular weight is 242 g/mol. The molecule has 1 aromatic heterocycles. The van der Waals surface area contributed by atoms with E-state index in [1.165, 1.54) is 6.07 Å². The van der Waals surface area contributed by atoms with Crippen LogP contribution in [-0.2, 0) is 0 Å². The van der Waals surface area contributed by atoms with Gasteiger partial charge in [0.15, 0.2) is 11.0 Å². The number of halogens is 2. The standard InChI is InChI=1S/C11H13ClFN3/c12-11-9(13)3-8(5-15-11)16-6-7-4-14-2-1-10(7)16/h3,5,7,10,14H,1-2,4,6H2/t7-,10-/m0/s1. The Labute approximate surface area is 98.6 Å². The van der Waals surface area contributed by atoms with Gasteiger partial charge in [-0.25, -0.2) is 9.37 Å². The zero-order valence-corrected chi connectivity index (χ0v) is 9.54. The van der Waals surface area contributed by atoms with Crippen LogP contribution in [0.1, 0.15) is 6.42 Å². The fourth-order valence-electron chi connectivity index (χ4n) is 2.62. The summed E-state index contributed by atoms with van der Waals surface area (Å²) < 4.78 is 13.3. The fraction of sp³-hybridized carbons (Fsp3) is 0.545. The van der Waals surface area contributed by atoms with Gasteiger partial charge in [-0.2, -0.15) is 0 Å². The lowest BCUT2D eigenvalue weighted by molar-refractivity contribution is 0.230. The minimum absolute atomic E-state index is 0.0499. The molecule has 0 aliphatic carbocycles. The number of anilines is 1. The van der Waals surface area contributed by atoms with Crippen molar-refractivity contribution in [1.82, 2.24) is 10.3 Å². The average Bonchev–Trinajstić information content (AvgIpc) is 2.25. The van der Waals surface area contributed by atoms with Crippen LogP contribution in [0.2, 0.25) is 5.15 Å². The third-order valence-corrected chi connectivity index (χ3v) is 3.79. The highest BCUT2D eigenvalue weighted by atomic mass is 35.5. The maximum absolute atomic E-state index is 13.3. The Morgan fingerprint density at radius 3 is 3.19 bits per heavy atom. The monoisotopic (exact) mass is 241 g/mol. The van der Waals surface area contributed by atoms with Crippen LogP contribution >= 0.6 is 11.6 Å². The van der Waals surface area contributed by atoms with E-state index in [1.54, 1.807) is 6.20 Å². The molecule has 86 valence electrons. The Morgan fingerprint density at radius 2 is 2.44 bits per heavy atom. The highest BCUT2D eigenvalue weighted by Gasteiger charge is 2.40. The van der Waals surface area contributed by atoms with E-state index in [0.29, 0.717) is 12.0 Å². The molecule has 0 saturated carbocycles. The molecule has 2 saturated heterocycles. The van der Waals surface area contributed by atoms with E-state index < -0.39 is 5.82 Å². The normalized spacial score (nSPS) is 28.5. The lowest BCUT2D eigenvalue weighted by Crippen LogP contribution is -2.63. The van der Waals surface area contributed by atoms with Crippen molar-refractivity contribution < 1.29 is 4.39 Å². The van der Waals surface area contributed by atoms with Crippen molar-refractivity contribution in [3.63, 3.8) is 0 Å². The molecule has 0 radical (unpaired) electrons. The lowest BCUT2D eigenvalue weighted by atomic mass is 9.83. The Hall–Kier alpha value is -0.870. The molecule has 0 bridgehead atoms. The molecule has 0 aromatic carbocycles. The van der Waals surface area contributed by atoms with Crippen LogP contribution in [0.5, 0.6) is 0 Å². The number of hydrogen-bond acceptors (Lipinski definition) is 3. The van der Waals surface area contributed by atoms with Crippen LogP contribution in [0.3, 0.4) is 0 Å². The zero-order chi connectivity index (χ0) is 11.1. The van der Waals surface area contributed by atoms with Gasteiger partial charge in [-0.1, -0.05) is 11.6 Å². The Kier molecular flexibility index (Phi) is 2.48. The molecule has 2 aliphatic rings. The smallest absolute Gasteiger partial charge is 0.164 e. The second-order valence-electron chi connectivity index (χ2n) is 4.44. The Morgan fingerprint density at radius 1 is 1.56 bits per heavy atom. The van der Waals surface area contributed by atoms with Crippen molar-refractivity contribution >= 4 is 17.3 Å². The molecule has 2 atom stereocenters. The number of pyridine rings is 1. The van der Waals surface area contributed by atoms with Gasteiger partial charge >= 0.3 is 0 Å². The van der Waals surface area contributed by atoms with Gasteiger partial charge in [0, 0.05) is 31.1 Å². The SMILES string of the molecule is Fc1cc(N2C[C@@H]3CNCC[C@@H]32)cnc1Cl. The number of rotatable bonds is 1. The summed E-state index contributed by atoms with van der Waals surface area (Å²) in [6, 6.07) is 2.02. The van der Waals surface area contributed by atoms with Crippen molar-refractivity contribution in [1.29, 1.82) is 0 Å². The van der Waals surface area contributed by atoms with Crippen molar-refractivity contribution in [3.8, 4) is 0 Å². The number of nitrogens with one attached hydrogen (secondary N) is 1. The van der Waals surface area contributed by atoms with Crippen molar-refractivity contribution in [2.75, 3.05) is 24.5 Å². The molecule has 1 aromatic rings. The van der Waals surface area contributed by atoms with E-state index >= 15 is 0 Å². The highest BCUT2D eigenvalue weighted by molar-refractivity contribution is 6.29. The first-order chi connectivity index (χ1) is 7.75. The summed E-state index contributed by atoms with van der Waals surface area (Å²) in [6.07, 6.45) is 2.78. The van der Waals surface area contributed by atoms with E-state index in [9.17, 15) is 4.39 Å². The largest absolute Gasteiger partial charge is 0.366 e. The fourth-order valence-corrected chi connectivity index (χ4v) is 2.72. The van der Waals surface area contributed by atoms with Crippen LogP contribution in [-0.4, -0.2) is 30.7 Å². The summed E-state index contributed by atoms with van der Waals surface area (Å²) >= 11 is 5.57. The molecule has 3 heterocycles. The number of fused-ring (bicyclic) bond motifs is 1. The minimum Gasteiger partial charge on any atom is -0.366 e. The highest BCUT2D eigenvalue weighted by Crippen LogP contribution is 2.34. The summed E-state index contributed by atoms with van der Waals surface area (Å²) in [5.41, 5.74) is 0.852. The molecular weight excluding hydrogens is 229 g/mol. The van der Waals surface area contributed by atoms with Crippen molar-refractivity contribution in [2.24, 2.45) is 5.92 Å². The molecule has 5 heteroatoms. The second kappa shape index (κ2) is 3.86. The topological polar surface area (TPSA) is 28.2 Å². The van der Waals surface area contributed by atoms with E-state index in [1.807, 2.05) is 0 Å². The Bertz CT molecular complexity index is 412. The molecule has 0 spiro atoms. The van der Waals surface area contributed by atoms with Gasteiger partial charge in [0.2, 0.25) is 0 Å². The van der Waals surface area contributed by atoms with Crippen LogP contribution in [0, 0.1) is 11.7 Å². The maximum atomic E-state index is 13.3. The van der Waals surface area contributed by atoms with E-state index in [2.05, 4.69) is 15.2 Å². The number of piperidine rings is 1. The number of nitrogens with zero attached hydrogens (tertiary/aromatic N) is 2. The zero-order valence-electron chi connectivity index (χ0n) is 8.79. The first kappa shape index (κ1) is 10.3. The van der Waals surface area contributed by atoms with E-state index in [0.717, 1.165) is 31.7 Å².